The van der Waals surface area contributed by atoms with Crippen molar-refractivity contribution in [3.05, 3.63) is 53.3 Å². The summed E-state index contributed by atoms with van der Waals surface area (Å²) >= 11 is 0. The number of benzene rings is 2. The van der Waals surface area contributed by atoms with E-state index in [1.165, 1.54) is 13.0 Å². The fraction of sp³-hybridized carbons (Fsp3) is 0.286. The fourth-order valence-electron chi connectivity index (χ4n) is 2.79. The number of nitrogens with one attached hydrogen (secondary N) is 2. The Balaban J connectivity index is 1.49. The van der Waals surface area contributed by atoms with Gasteiger partial charge in [0, 0.05) is 17.8 Å². The molecular weight excluding hydrogens is 379 g/mol. The SMILES string of the molecule is Cc1ccc(NC(=O)C(C)OC(=O)COc2ccc3c(c2)CCC(=O)N3)cc1F. The van der Waals surface area contributed by atoms with Crippen LogP contribution < -0.4 is 15.4 Å². The molecule has 1 aliphatic rings. The zero-order chi connectivity index (χ0) is 21.0. The second-order valence-corrected chi connectivity index (χ2v) is 6.74. The van der Waals surface area contributed by atoms with Crippen LogP contribution in [0, 0.1) is 12.7 Å². The van der Waals surface area contributed by atoms with E-state index in [4.69, 9.17) is 9.47 Å². The molecule has 1 unspecified atom stereocenters. The van der Waals surface area contributed by atoms with Crippen molar-refractivity contribution in [3.63, 3.8) is 0 Å². The number of hydrogen-bond acceptors (Lipinski definition) is 5. The highest BCUT2D eigenvalue weighted by atomic mass is 19.1. The predicted octanol–water partition coefficient (Wildman–Crippen LogP) is 2.97. The maximum Gasteiger partial charge on any atom is 0.344 e. The van der Waals surface area contributed by atoms with Crippen LogP contribution in [0.1, 0.15) is 24.5 Å². The molecule has 0 fully saturated rings. The van der Waals surface area contributed by atoms with E-state index < -0.39 is 23.8 Å². The minimum atomic E-state index is -1.07. The highest BCUT2D eigenvalue weighted by Crippen LogP contribution is 2.26. The van der Waals surface area contributed by atoms with Gasteiger partial charge in [0.15, 0.2) is 12.7 Å². The topological polar surface area (TPSA) is 93.7 Å². The van der Waals surface area contributed by atoms with E-state index in [9.17, 15) is 18.8 Å². The molecule has 2 aromatic rings. The Morgan fingerprint density at radius 1 is 1.21 bits per heavy atom. The highest BCUT2D eigenvalue weighted by molar-refractivity contribution is 5.95. The van der Waals surface area contributed by atoms with Crippen molar-refractivity contribution in [2.75, 3.05) is 17.2 Å². The number of carbonyl (C=O) groups is 3. The van der Waals surface area contributed by atoms with Crippen molar-refractivity contribution in [2.24, 2.45) is 0 Å². The minimum absolute atomic E-state index is 0.0320. The maximum absolute atomic E-state index is 13.6. The molecule has 0 radical (unpaired) electrons. The lowest BCUT2D eigenvalue weighted by atomic mass is 10.0. The normalized spacial score (nSPS) is 13.7. The summed E-state index contributed by atoms with van der Waals surface area (Å²) in [5.41, 5.74) is 2.39. The third kappa shape index (κ3) is 5.31. The van der Waals surface area contributed by atoms with Gasteiger partial charge in [-0.3, -0.25) is 9.59 Å². The number of aryl methyl sites for hydroxylation is 2. The van der Waals surface area contributed by atoms with Gasteiger partial charge >= 0.3 is 5.97 Å². The number of halogens is 1. The molecule has 2 amide bonds. The third-order valence-corrected chi connectivity index (χ3v) is 4.45. The molecule has 0 spiro atoms. The Labute approximate surface area is 167 Å². The van der Waals surface area contributed by atoms with Crippen LogP contribution in [-0.4, -0.2) is 30.5 Å². The van der Waals surface area contributed by atoms with Gasteiger partial charge in [0.2, 0.25) is 5.91 Å². The summed E-state index contributed by atoms with van der Waals surface area (Å²) in [5.74, 6) is -1.30. The lowest BCUT2D eigenvalue weighted by Gasteiger charge is -2.18. The van der Waals surface area contributed by atoms with Gasteiger partial charge in [0.1, 0.15) is 11.6 Å². The number of carbonyl (C=O) groups excluding carboxylic acids is 3. The van der Waals surface area contributed by atoms with Crippen LogP contribution in [0.2, 0.25) is 0 Å². The Bertz CT molecular complexity index is 960. The van der Waals surface area contributed by atoms with Crippen LogP contribution in [0.4, 0.5) is 15.8 Å². The molecule has 29 heavy (non-hydrogen) atoms. The first kappa shape index (κ1) is 20.3. The second kappa shape index (κ2) is 8.72. The molecule has 3 rings (SSSR count). The first-order valence-corrected chi connectivity index (χ1v) is 9.14. The summed E-state index contributed by atoms with van der Waals surface area (Å²) in [5, 5.41) is 5.26. The molecule has 0 saturated carbocycles. The van der Waals surface area contributed by atoms with Gasteiger partial charge in [-0.25, -0.2) is 9.18 Å². The van der Waals surface area contributed by atoms with Crippen molar-refractivity contribution in [1.82, 2.24) is 0 Å². The second-order valence-electron chi connectivity index (χ2n) is 6.74. The summed E-state index contributed by atoms with van der Waals surface area (Å²) in [7, 11) is 0. The van der Waals surface area contributed by atoms with E-state index in [-0.39, 0.29) is 18.2 Å². The van der Waals surface area contributed by atoms with Crippen LogP contribution in [0.25, 0.3) is 0 Å². The Morgan fingerprint density at radius 2 is 2.00 bits per heavy atom. The molecule has 2 N–H and O–H groups in total. The molecule has 0 bridgehead atoms. The van der Waals surface area contributed by atoms with Gasteiger partial charge in [0.05, 0.1) is 0 Å². The summed E-state index contributed by atoms with van der Waals surface area (Å²) in [6.45, 7) is 2.66. The summed E-state index contributed by atoms with van der Waals surface area (Å²) in [6, 6.07) is 9.41. The highest BCUT2D eigenvalue weighted by Gasteiger charge is 2.19. The average Bonchev–Trinajstić information content (AvgIpc) is 2.69. The molecule has 0 saturated heterocycles. The van der Waals surface area contributed by atoms with E-state index in [2.05, 4.69) is 10.6 Å². The van der Waals surface area contributed by atoms with E-state index in [0.717, 1.165) is 11.3 Å². The van der Waals surface area contributed by atoms with Gasteiger partial charge < -0.3 is 20.1 Å². The van der Waals surface area contributed by atoms with Crippen LogP contribution in [0.15, 0.2) is 36.4 Å². The largest absolute Gasteiger partial charge is 0.482 e. The van der Waals surface area contributed by atoms with E-state index in [0.29, 0.717) is 24.2 Å². The van der Waals surface area contributed by atoms with Gasteiger partial charge in [-0.1, -0.05) is 6.07 Å². The van der Waals surface area contributed by atoms with Gasteiger partial charge in [-0.2, -0.15) is 0 Å². The number of amides is 2. The molecule has 1 heterocycles. The monoisotopic (exact) mass is 400 g/mol. The van der Waals surface area contributed by atoms with Crippen LogP contribution in [0.5, 0.6) is 5.75 Å². The van der Waals surface area contributed by atoms with Gasteiger partial charge in [0.25, 0.3) is 5.91 Å². The van der Waals surface area contributed by atoms with Gasteiger partial charge in [-0.05, 0) is 61.7 Å². The van der Waals surface area contributed by atoms with Crippen molar-refractivity contribution in [2.45, 2.75) is 32.8 Å². The minimum Gasteiger partial charge on any atom is -0.482 e. The Hall–Kier alpha value is -3.42. The van der Waals surface area contributed by atoms with E-state index in [1.807, 2.05) is 0 Å². The number of anilines is 2. The molecule has 8 heteroatoms. The molecule has 1 atom stereocenters. The maximum atomic E-state index is 13.6. The standard InChI is InChI=1S/C21H21FN2O5/c1-12-3-5-15(10-17(12)22)23-21(27)13(2)29-20(26)11-28-16-6-7-18-14(9-16)4-8-19(25)24-18/h3,5-7,9-10,13H,4,8,11H2,1-2H3,(H,23,27)(H,24,25). The third-order valence-electron chi connectivity index (χ3n) is 4.45. The Kier molecular flexibility index (Phi) is 6.11. The lowest BCUT2D eigenvalue weighted by Crippen LogP contribution is -2.31. The molecule has 0 aliphatic carbocycles. The Morgan fingerprint density at radius 3 is 2.76 bits per heavy atom. The number of fused-ring (bicyclic) bond motifs is 1. The predicted molar refractivity (Wildman–Crippen MR) is 104 cm³/mol. The number of ether oxygens (including phenoxy) is 2. The smallest absolute Gasteiger partial charge is 0.344 e. The van der Waals surface area contributed by atoms with Gasteiger partial charge in [-0.15, -0.1) is 0 Å². The number of hydrogen-bond donors (Lipinski definition) is 2. The first-order valence-electron chi connectivity index (χ1n) is 9.14. The van der Waals surface area contributed by atoms with E-state index in [1.54, 1.807) is 37.3 Å². The van der Waals surface area contributed by atoms with Crippen molar-refractivity contribution >= 4 is 29.2 Å². The van der Waals surface area contributed by atoms with Crippen molar-refractivity contribution in [1.29, 1.82) is 0 Å². The van der Waals surface area contributed by atoms with E-state index >= 15 is 0 Å². The molecular formula is C21H21FN2O5. The summed E-state index contributed by atoms with van der Waals surface area (Å²) in [6.07, 6.45) is -0.0791. The number of rotatable bonds is 6. The lowest BCUT2D eigenvalue weighted by molar-refractivity contribution is -0.155. The summed E-state index contributed by atoms with van der Waals surface area (Å²) in [4.78, 5) is 35.5. The number of esters is 1. The molecule has 152 valence electrons. The molecule has 1 aliphatic heterocycles. The first-order chi connectivity index (χ1) is 13.8. The van der Waals surface area contributed by atoms with Crippen LogP contribution in [-0.2, 0) is 25.5 Å². The zero-order valence-electron chi connectivity index (χ0n) is 16.1. The quantitative estimate of drug-likeness (QED) is 0.727. The average molecular weight is 400 g/mol. The fourth-order valence-corrected chi connectivity index (χ4v) is 2.79. The summed E-state index contributed by atoms with van der Waals surface area (Å²) < 4.78 is 24.0. The zero-order valence-corrected chi connectivity index (χ0v) is 16.1. The van der Waals surface area contributed by atoms with Crippen molar-refractivity contribution in [3.8, 4) is 5.75 Å². The van der Waals surface area contributed by atoms with Crippen LogP contribution in [0.3, 0.4) is 0 Å². The molecule has 2 aromatic carbocycles. The molecule has 7 nitrogen and oxygen atoms in total. The van der Waals surface area contributed by atoms with Crippen LogP contribution >= 0.6 is 0 Å². The molecule has 0 aromatic heterocycles. The van der Waals surface area contributed by atoms with Crippen molar-refractivity contribution < 1.29 is 28.2 Å².